The Labute approximate surface area is 143 Å². The highest BCUT2D eigenvalue weighted by Crippen LogP contribution is 2.28. The first-order valence-corrected chi connectivity index (χ1v) is 9.78. The molecule has 2 N–H and O–H groups in total. The van der Waals surface area contributed by atoms with Gasteiger partial charge in [0.15, 0.2) is 5.82 Å². The van der Waals surface area contributed by atoms with Crippen LogP contribution >= 0.6 is 22.9 Å². The lowest BCUT2D eigenvalue weighted by Gasteiger charge is -2.25. The number of rotatable bonds is 5. The third kappa shape index (κ3) is 3.57. The summed E-state index contributed by atoms with van der Waals surface area (Å²) < 4.78 is 27.0. The molecule has 23 heavy (non-hydrogen) atoms. The van der Waals surface area contributed by atoms with Crippen LogP contribution in [0.5, 0.6) is 0 Å². The Bertz CT molecular complexity index is 776. The van der Waals surface area contributed by atoms with Crippen LogP contribution in [-0.2, 0) is 10.0 Å². The van der Waals surface area contributed by atoms with Crippen molar-refractivity contribution in [1.82, 2.24) is 15.3 Å². The summed E-state index contributed by atoms with van der Waals surface area (Å²) in [6.07, 6.45) is 2.31. The zero-order valence-electron chi connectivity index (χ0n) is 12.4. The smallest absolute Gasteiger partial charge is 0.264 e. The zero-order chi connectivity index (χ0) is 16.4. The fourth-order valence-corrected chi connectivity index (χ4v) is 4.31. The van der Waals surface area contributed by atoms with E-state index >= 15 is 0 Å². The van der Waals surface area contributed by atoms with Gasteiger partial charge in [-0.15, -0.1) is 11.3 Å². The van der Waals surface area contributed by atoms with Gasteiger partial charge in [-0.1, -0.05) is 11.6 Å². The summed E-state index contributed by atoms with van der Waals surface area (Å²) in [4.78, 5) is 10.1. The summed E-state index contributed by atoms with van der Waals surface area (Å²) in [7, 11) is -1.84. The average Bonchev–Trinajstić information content (AvgIpc) is 3.19. The molecule has 2 aromatic heterocycles. The van der Waals surface area contributed by atoms with Gasteiger partial charge in [0.05, 0.1) is 10.5 Å². The van der Waals surface area contributed by atoms with Crippen LogP contribution < -0.4 is 14.9 Å². The van der Waals surface area contributed by atoms with Crippen LogP contribution in [0.3, 0.4) is 0 Å². The summed E-state index contributed by atoms with van der Waals surface area (Å²) in [5.41, 5.74) is 1.55. The second-order valence-corrected chi connectivity index (χ2v) is 8.02. The van der Waals surface area contributed by atoms with E-state index in [9.17, 15) is 8.42 Å². The molecule has 0 aromatic carbocycles. The number of thiazole rings is 1. The molecule has 10 heteroatoms. The highest BCUT2D eigenvalue weighted by atomic mass is 35.5. The van der Waals surface area contributed by atoms with E-state index in [0.717, 1.165) is 19.5 Å². The summed E-state index contributed by atoms with van der Waals surface area (Å²) in [6.45, 7) is 1.82. The van der Waals surface area contributed by atoms with Gasteiger partial charge in [0.1, 0.15) is 10.7 Å². The van der Waals surface area contributed by atoms with Crippen LogP contribution in [0.25, 0.3) is 0 Å². The molecule has 0 radical (unpaired) electrons. The molecule has 0 saturated carbocycles. The number of anilines is 2. The number of hydrogen-bond donors (Lipinski definition) is 2. The third-order valence-corrected chi connectivity index (χ3v) is 5.88. The quantitative estimate of drug-likeness (QED) is 0.830. The van der Waals surface area contributed by atoms with E-state index in [2.05, 4.69) is 20.0 Å². The normalized spacial score (nSPS) is 18.1. The molecule has 1 aliphatic heterocycles. The molecule has 3 rings (SSSR count). The molecule has 1 aliphatic rings. The second kappa shape index (κ2) is 6.60. The molecule has 7 nitrogen and oxygen atoms in total. The summed E-state index contributed by atoms with van der Waals surface area (Å²) >= 11 is 7.57. The molecule has 0 unspecified atom stereocenters. The first-order chi connectivity index (χ1) is 11.0. The van der Waals surface area contributed by atoms with Crippen LogP contribution in [0, 0.1) is 0 Å². The lowest BCUT2D eigenvalue weighted by atomic mass is 10.2. The summed E-state index contributed by atoms with van der Waals surface area (Å²) in [5, 5.41) is 5.20. The van der Waals surface area contributed by atoms with Crippen LogP contribution in [0.2, 0.25) is 5.02 Å². The Hall–Kier alpha value is -1.42. The average molecular weight is 374 g/mol. The summed E-state index contributed by atoms with van der Waals surface area (Å²) in [6, 6.07) is 1.72. The maximum Gasteiger partial charge on any atom is 0.264 e. The van der Waals surface area contributed by atoms with Crippen molar-refractivity contribution >= 4 is 44.6 Å². The second-order valence-electron chi connectivity index (χ2n) is 5.21. The SMILES string of the molecule is CN(c1ncc(S(=O)(=O)Nc2cscn2)cc1Cl)[C@@H]1CCNC1. The molecule has 2 aromatic rings. The molecule has 0 bridgehead atoms. The van der Waals surface area contributed by atoms with Crippen LogP contribution in [-0.4, -0.2) is 44.6 Å². The molecule has 0 aliphatic carbocycles. The Morgan fingerprint density at radius 2 is 2.30 bits per heavy atom. The maximum atomic E-state index is 12.3. The number of halogens is 1. The molecule has 1 fully saturated rings. The zero-order valence-corrected chi connectivity index (χ0v) is 14.7. The first kappa shape index (κ1) is 16.4. The van der Waals surface area contributed by atoms with Gasteiger partial charge in [-0.25, -0.2) is 18.4 Å². The van der Waals surface area contributed by atoms with E-state index in [1.54, 1.807) is 10.9 Å². The Balaban J connectivity index is 1.83. The Morgan fingerprint density at radius 3 is 2.91 bits per heavy atom. The molecule has 3 heterocycles. The number of aromatic nitrogens is 2. The van der Waals surface area contributed by atoms with Gasteiger partial charge < -0.3 is 10.2 Å². The maximum absolute atomic E-state index is 12.3. The summed E-state index contributed by atoms with van der Waals surface area (Å²) in [5.74, 6) is 0.859. The van der Waals surface area contributed by atoms with E-state index in [1.807, 2.05) is 11.9 Å². The van der Waals surface area contributed by atoms with E-state index in [4.69, 9.17) is 11.6 Å². The fraction of sp³-hybridized carbons (Fsp3) is 0.385. The predicted octanol–water partition coefficient (Wildman–Crippen LogP) is 1.79. The van der Waals surface area contributed by atoms with Gasteiger partial charge in [-0.3, -0.25) is 4.72 Å². The lowest BCUT2D eigenvalue weighted by Crippen LogP contribution is -2.34. The molecule has 1 saturated heterocycles. The van der Waals surface area contributed by atoms with Gasteiger partial charge in [0.25, 0.3) is 10.0 Å². The van der Waals surface area contributed by atoms with Crippen LogP contribution in [0.1, 0.15) is 6.42 Å². The van der Waals surface area contributed by atoms with Gasteiger partial charge in [0, 0.05) is 31.2 Å². The molecule has 124 valence electrons. The standard InChI is InChI=1S/C13H16ClN5O2S2/c1-19(9-2-3-15-5-9)13-11(14)4-10(6-16-13)23(20,21)18-12-7-22-8-17-12/h4,6-9,15,18H,2-3,5H2,1H3/t9-/m1/s1. The third-order valence-electron chi connectivity index (χ3n) is 3.69. The van der Waals surface area contributed by atoms with Gasteiger partial charge >= 0.3 is 0 Å². The molecular weight excluding hydrogens is 358 g/mol. The van der Waals surface area contributed by atoms with Gasteiger partial charge in [-0.2, -0.15) is 0 Å². The predicted molar refractivity (Wildman–Crippen MR) is 91.8 cm³/mol. The molecule has 0 spiro atoms. The molecule has 0 amide bonds. The number of hydrogen-bond acceptors (Lipinski definition) is 7. The Kier molecular flexibility index (Phi) is 4.72. The van der Waals surface area contributed by atoms with E-state index < -0.39 is 10.0 Å². The van der Waals surface area contributed by atoms with Crippen molar-refractivity contribution in [3.8, 4) is 0 Å². The monoisotopic (exact) mass is 373 g/mol. The van der Waals surface area contributed by atoms with Crippen LogP contribution in [0.15, 0.2) is 28.0 Å². The van der Waals surface area contributed by atoms with Crippen molar-refractivity contribution in [2.24, 2.45) is 0 Å². The number of nitrogens with one attached hydrogen (secondary N) is 2. The number of sulfonamides is 1. The van der Waals surface area contributed by atoms with Crippen molar-refractivity contribution in [3.05, 3.63) is 28.2 Å². The van der Waals surface area contributed by atoms with Crippen molar-refractivity contribution in [1.29, 1.82) is 0 Å². The van der Waals surface area contributed by atoms with Crippen LogP contribution in [0.4, 0.5) is 11.6 Å². The van der Waals surface area contributed by atoms with Crippen molar-refractivity contribution < 1.29 is 8.42 Å². The number of likely N-dealkylation sites (N-methyl/N-ethyl adjacent to an activating group) is 1. The Morgan fingerprint density at radius 1 is 1.48 bits per heavy atom. The number of nitrogens with zero attached hydrogens (tertiary/aromatic N) is 3. The van der Waals surface area contributed by atoms with Gasteiger partial charge in [0.2, 0.25) is 0 Å². The lowest BCUT2D eigenvalue weighted by molar-refractivity contribution is 0.600. The van der Waals surface area contributed by atoms with Crippen molar-refractivity contribution in [2.75, 3.05) is 29.8 Å². The molecule has 1 atom stereocenters. The van der Waals surface area contributed by atoms with Crippen molar-refractivity contribution in [3.63, 3.8) is 0 Å². The topological polar surface area (TPSA) is 87.2 Å². The number of pyridine rings is 1. The highest BCUT2D eigenvalue weighted by Gasteiger charge is 2.24. The largest absolute Gasteiger partial charge is 0.354 e. The van der Waals surface area contributed by atoms with E-state index in [-0.39, 0.29) is 10.7 Å². The fourth-order valence-electron chi connectivity index (χ4n) is 2.42. The minimum Gasteiger partial charge on any atom is -0.354 e. The van der Waals surface area contributed by atoms with Crippen molar-refractivity contribution in [2.45, 2.75) is 17.4 Å². The van der Waals surface area contributed by atoms with E-state index in [1.165, 1.54) is 23.6 Å². The molecular formula is C13H16ClN5O2S2. The minimum absolute atomic E-state index is 0.0113. The minimum atomic E-state index is -3.75. The first-order valence-electron chi connectivity index (χ1n) is 6.97. The highest BCUT2D eigenvalue weighted by molar-refractivity contribution is 7.92. The van der Waals surface area contributed by atoms with E-state index in [0.29, 0.717) is 16.9 Å². The van der Waals surface area contributed by atoms with Gasteiger partial charge in [-0.05, 0) is 19.0 Å².